The van der Waals surface area contributed by atoms with Gasteiger partial charge in [0.2, 0.25) is 5.78 Å². The van der Waals surface area contributed by atoms with E-state index in [1.807, 2.05) is 0 Å². The first-order valence-corrected chi connectivity index (χ1v) is 9.46. The topological polar surface area (TPSA) is 102 Å². The number of alkyl halides is 3. The van der Waals surface area contributed by atoms with Gasteiger partial charge in [-0.15, -0.1) is 11.3 Å². The molecule has 0 fully saturated rings. The zero-order valence-corrected chi connectivity index (χ0v) is 16.8. The number of carbonyl (C=O) groups excluding carboxylic acids is 2. The maximum absolute atomic E-state index is 12.9. The first kappa shape index (κ1) is 21.9. The minimum Gasteiger partial charge on any atom is -0.443 e. The Morgan fingerprint density at radius 2 is 1.77 bits per heavy atom. The zero-order chi connectivity index (χ0) is 22.5. The molecule has 160 valence electrons. The van der Waals surface area contributed by atoms with Gasteiger partial charge in [0.25, 0.3) is 0 Å². The Labute approximate surface area is 172 Å². The number of benzene rings is 1. The Bertz CT molecular complexity index is 1130. The highest BCUT2D eigenvalue weighted by Gasteiger charge is 2.56. The lowest BCUT2D eigenvalue weighted by Gasteiger charge is -2.22. The van der Waals surface area contributed by atoms with E-state index in [1.165, 1.54) is 6.20 Å². The number of halogens is 3. The molecule has 0 aliphatic heterocycles. The average molecular weight is 442 g/mol. The molecule has 0 saturated heterocycles. The quantitative estimate of drug-likeness (QED) is 0.473. The Balaban J connectivity index is 2.04. The van der Waals surface area contributed by atoms with Crippen LogP contribution in [0.25, 0.3) is 10.9 Å². The fourth-order valence-corrected chi connectivity index (χ4v) is 3.43. The average Bonchev–Trinajstić information content (AvgIpc) is 3.24. The van der Waals surface area contributed by atoms with Crippen LogP contribution in [0.3, 0.4) is 0 Å². The van der Waals surface area contributed by atoms with Crippen LogP contribution in [0, 0.1) is 0 Å². The second-order valence-electron chi connectivity index (χ2n) is 7.45. The number of para-hydroxylation sites is 1. The molecule has 0 aliphatic rings. The van der Waals surface area contributed by atoms with Crippen LogP contribution in [-0.2, 0) is 10.5 Å². The van der Waals surface area contributed by atoms with Gasteiger partial charge < -0.3 is 14.9 Å². The summed E-state index contributed by atoms with van der Waals surface area (Å²) in [5.74, 6) is -4.96. The molecule has 2 aromatic heterocycles. The van der Waals surface area contributed by atoms with Crippen molar-refractivity contribution in [1.29, 1.82) is 0 Å². The lowest BCUT2D eigenvalue weighted by molar-refractivity contribution is -0.359. The predicted octanol–water partition coefficient (Wildman–Crippen LogP) is 3.81. The van der Waals surface area contributed by atoms with Crippen molar-refractivity contribution in [1.82, 2.24) is 9.55 Å². The van der Waals surface area contributed by atoms with Crippen molar-refractivity contribution in [2.24, 2.45) is 0 Å². The SMILES string of the molecule is CC(C)(C)OC(=O)n1cc(C(=O)c2nc(C(O)(O)C(F)(F)F)cs2)c2ccccc21. The maximum Gasteiger partial charge on any atom is 0.449 e. The van der Waals surface area contributed by atoms with E-state index in [-0.39, 0.29) is 5.56 Å². The Hall–Kier alpha value is -2.76. The number of fused-ring (bicyclic) bond motifs is 1. The number of carbonyl (C=O) groups is 2. The molecule has 7 nitrogen and oxygen atoms in total. The standard InChI is InChI=1S/C19H17F3N2O5S/c1-17(2,3)29-16(26)24-8-11(10-6-4-5-7-12(10)24)14(25)15-23-13(9-30-15)18(27,28)19(20,21)22/h4-9,27-28H,1-3H3. The molecule has 0 unspecified atom stereocenters. The van der Waals surface area contributed by atoms with Crippen LogP contribution >= 0.6 is 11.3 Å². The van der Waals surface area contributed by atoms with E-state index in [0.29, 0.717) is 22.2 Å². The lowest BCUT2D eigenvalue weighted by atomic mass is 10.1. The van der Waals surface area contributed by atoms with E-state index in [0.717, 1.165) is 9.95 Å². The van der Waals surface area contributed by atoms with E-state index < -0.39 is 40.1 Å². The van der Waals surface area contributed by atoms with Gasteiger partial charge in [-0.3, -0.25) is 9.36 Å². The second-order valence-corrected chi connectivity index (χ2v) is 8.31. The highest BCUT2D eigenvalue weighted by atomic mass is 32.1. The van der Waals surface area contributed by atoms with Crippen LogP contribution in [0.2, 0.25) is 0 Å². The number of nitrogens with zero attached hydrogens (tertiary/aromatic N) is 2. The predicted molar refractivity (Wildman–Crippen MR) is 101 cm³/mol. The zero-order valence-electron chi connectivity index (χ0n) is 16.0. The molecule has 30 heavy (non-hydrogen) atoms. The Morgan fingerprint density at radius 3 is 2.37 bits per heavy atom. The first-order chi connectivity index (χ1) is 13.7. The van der Waals surface area contributed by atoms with Crippen LogP contribution in [0.1, 0.15) is 41.8 Å². The minimum atomic E-state index is -5.39. The summed E-state index contributed by atoms with van der Waals surface area (Å²) >= 11 is 0.526. The third-order valence-electron chi connectivity index (χ3n) is 4.00. The molecule has 11 heteroatoms. The van der Waals surface area contributed by atoms with Crippen LogP contribution in [0.4, 0.5) is 18.0 Å². The smallest absolute Gasteiger partial charge is 0.443 e. The molecule has 0 bridgehead atoms. The fraction of sp³-hybridized carbons (Fsp3) is 0.316. The molecule has 0 spiro atoms. The van der Waals surface area contributed by atoms with Crippen LogP contribution in [0.5, 0.6) is 0 Å². The largest absolute Gasteiger partial charge is 0.449 e. The van der Waals surface area contributed by atoms with Crippen molar-refractivity contribution in [2.75, 3.05) is 0 Å². The summed E-state index contributed by atoms with van der Waals surface area (Å²) in [5, 5.41) is 19.4. The van der Waals surface area contributed by atoms with Gasteiger partial charge in [0, 0.05) is 17.0 Å². The molecule has 0 aliphatic carbocycles. The highest BCUT2D eigenvalue weighted by Crippen LogP contribution is 2.37. The molecule has 1 aromatic carbocycles. The number of aromatic nitrogens is 2. The molecule has 2 heterocycles. The van der Waals surface area contributed by atoms with Crippen LogP contribution < -0.4 is 0 Å². The Kier molecular flexibility index (Phi) is 5.25. The molecule has 3 aromatic rings. The van der Waals surface area contributed by atoms with Gasteiger partial charge in [0.15, 0.2) is 5.01 Å². The number of ether oxygens (including phenoxy) is 1. The van der Waals surface area contributed by atoms with Crippen LogP contribution in [0.15, 0.2) is 35.8 Å². The number of aliphatic hydroxyl groups is 2. The van der Waals surface area contributed by atoms with Gasteiger partial charge in [-0.25, -0.2) is 9.78 Å². The summed E-state index contributed by atoms with van der Waals surface area (Å²) in [6.07, 6.45) is -4.91. The number of hydrogen-bond acceptors (Lipinski definition) is 7. The van der Waals surface area contributed by atoms with Gasteiger partial charge in [-0.1, -0.05) is 18.2 Å². The summed E-state index contributed by atoms with van der Waals surface area (Å²) in [5.41, 5.74) is -1.54. The molecule has 2 N–H and O–H groups in total. The summed E-state index contributed by atoms with van der Waals surface area (Å²) in [7, 11) is 0. The third-order valence-corrected chi connectivity index (χ3v) is 4.84. The van der Waals surface area contributed by atoms with Crippen molar-refractivity contribution < 1.29 is 37.7 Å². The Morgan fingerprint density at radius 1 is 1.13 bits per heavy atom. The molecule has 0 saturated carbocycles. The van der Waals surface area contributed by atoms with Crippen molar-refractivity contribution in [3.63, 3.8) is 0 Å². The molecule has 0 amide bonds. The number of hydrogen-bond donors (Lipinski definition) is 2. The van der Waals surface area contributed by atoms with Crippen molar-refractivity contribution in [2.45, 2.75) is 38.3 Å². The molecule has 0 atom stereocenters. The summed E-state index contributed by atoms with van der Waals surface area (Å²) in [6, 6.07) is 6.42. The van der Waals surface area contributed by atoms with Gasteiger partial charge in [-0.05, 0) is 26.8 Å². The van der Waals surface area contributed by atoms with Gasteiger partial charge in [0.1, 0.15) is 11.3 Å². The molecule has 0 radical (unpaired) electrons. The van der Waals surface area contributed by atoms with E-state index in [1.54, 1.807) is 45.0 Å². The number of thiazole rings is 1. The summed E-state index contributed by atoms with van der Waals surface area (Å²) in [6.45, 7) is 5.03. The normalized spacial score (nSPS) is 12.9. The monoisotopic (exact) mass is 442 g/mol. The fourth-order valence-electron chi connectivity index (χ4n) is 2.62. The number of ketones is 1. The van der Waals surface area contributed by atoms with Gasteiger partial charge in [0.05, 0.1) is 11.1 Å². The summed E-state index contributed by atoms with van der Waals surface area (Å²) in [4.78, 5) is 28.9. The summed E-state index contributed by atoms with van der Waals surface area (Å²) < 4.78 is 44.9. The van der Waals surface area contributed by atoms with Crippen molar-refractivity contribution >= 4 is 34.1 Å². The maximum atomic E-state index is 12.9. The minimum absolute atomic E-state index is 0.00541. The van der Waals surface area contributed by atoms with Gasteiger partial charge in [-0.2, -0.15) is 13.2 Å². The third kappa shape index (κ3) is 3.95. The van der Waals surface area contributed by atoms with E-state index in [2.05, 4.69) is 4.98 Å². The van der Waals surface area contributed by atoms with Crippen LogP contribution in [-0.4, -0.2) is 43.4 Å². The lowest BCUT2D eigenvalue weighted by Crippen LogP contribution is -2.42. The molecule has 3 rings (SSSR count). The van der Waals surface area contributed by atoms with E-state index in [4.69, 9.17) is 4.74 Å². The van der Waals surface area contributed by atoms with Gasteiger partial charge >= 0.3 is 18.1 Å². The number of rotatable bonds is 3. The molecular weight excluding hydrogens is 425 g/mol. The van der Waals surface area contributed by atoms with E-state index in [9.17, 15) is 33.0 Å². The highest BCUT2D eigenvalue weighted by molar-refractivity contribution is 7.12. The molecular formula is C19H17F3N2O5S. The first-order valence-electron chi connectivity index (χ1n) is 8.58. The van der Waals surface area contributed by atoms with E-state index >= 15 is 0 Å². The second kappa shape index (κ2) is 7.18. The van der Waals surface area contributed by atoms with Crippen molar-refractivity contribution in [3.05, 3.63) is 52.1 Å². The van der Waals surface area contributed by atoms with Crippen molar-refractivity contribution in [3.8, 4) is 0 Å².